The molecule has 2 N–H and O–H groups in total. The average Bonchev–Trinajstić information content (AvgIpc) is 2.51. The third kappa shape index (κ3) is 3.93. The molecule has 1 aliphatic rings. The number of carbonyl (C=O) groups is 2. The molecule has 0 radical (unpaired) electrons. The van der Waals surface area contributed by atoms with Crippen LogP contribution in [0.15, 0.2) is 24.3 Å². The van der Waals surface area contributed by atoms with E-state index in [2.05, 4.69) is 10.6 Å². The molecule has 1 fully saturated rings. The first-order valence-electron chi connectivity index (χ1n) is 8.00. The first kappa shape index (κ1) is 18.4. The van der Waals surface area contributed by atoms with Crippen molar-refractivity contribution in [2.24, 2.45) is 17.3 Å². The van der Waals surface area contributed by atoms with Gasteiger partial charge in [0.25, 0.3) is 0 Å². The van der Waals surface area contributed by atoms with Gasteiger partial charge in [-0.1, -0.05) is 26.0 Å². The highest BCUT2D eigenvalue weighted by molar-refractivity contribution is 7.80. The van der Waals surface area contributed by atoms with Gasteiger partial charge < -0.3 is 15.4 Å². The largest absolute Gasteiger partial charge is 0.495 e. The SMILES string of the molecule is COc1ccccc1NC(=S)NC(=O)C[C@H]1C[C@H](C(C)=O)C1(C)C. The summed E-state index contributed by atoms with van der Waals surface area (Å²) in [5, 5.41) is 5.91. The fourth-order valence-corrected chi connectivity index (χ4v) is 3.58. The summed E-state index contributed by atoms with van der Waals surface area (Å²) in [5.41, 5.74) is 0.562. The highest BCUT2D eigenvalue weighted by Gasteiger charge is 2.50. The van der Waals surface area contributed by atoms with Crippen molar-refractivity contribution in [3.8, 4) is 5.75 Å². The second kappa shape index (κ2) is 7.30. The maximum Gasteiger partial charge on any atom is 0.226 e. The lowest BCUT2D eigenvalue weighted by Crippen LogP contribution is -2.50. The first-order chi connectivity index (χ1) is 11.3. The number of thiocarbonyl (C=S) groups is 1. The van der Waals surface area contributed by atoms with Gasteiger partial charge in [0, 0.05) is 12.3 Å². The van der Waals surface area contributed by atoms with Gasteiger partial charge in [-0.25, -0.2) is 0 Å². The van der Waals surface area contributed by atoms with Crippen molar-refractivity contribution >= 4 is 34.7 Å². The molecule has 0 saturated heterocycles. The number of rotatable bonds is 5. The normalized spacial score (nSPS) is 21.3. The zero-order valence-corrected chi connectivity index (χ0v) is 15.3. The molecule has 1 aromatic carbocycles. The van der Waals surface area contributed by atoms with Crippen LogP contribution in [0.4, 0.5) is 5.69 Å². The highest BCUT2D eigenvalue weighted by atomic mass is 32.1. The summed E-state index contributed by atoms with van der Waals surface area (Å²) in [4.78, 5) is 23.8. The lowest BCUT2D eigenvalue weighted by Gasteiger charge is -2.51. The van der Waals surface area contributed by atoms with E-state index in [1.54, 1.807) is 14.0 Å². The molecule has 1 amide bonds. The molecule has 0 aliphatic heterocycles. The number of Topliss-reactive ketones (excluding diaryl/α,β-unsaturated/α-hetero) is 1. The minimum absolute atomic E-state index is 0.0500. The topological polar surface area (TPSA) is 67.4 Å². The third-order valence-corrected chi connectivity index (χ3v) is 5.21. The van der Waals surface area contributed by atoms with Crippen molar-refractivity contribution in [1.29, 1.82) is 0 Å². The van der Waals surface area contributed by atoms with Gasteiger partial charge in [-0.3, -0.25) is 9.59 Å². The number of hydrogen-bond donors (Lipinski definition) is 2. The van der Waals surface area contributed by atoms with E-state index in [4.69, 9.17) is 17.0 Å². The van der Waals surface area contributed by atoms with Crippen LogP contribution in [-0.4, -0.2) is 23.9 Å². The smallest absolute Gasteiger partial charge is 0.226 e. The van der Waals surface area contributed by atoms with E-state index < -0.39 is 0 Å². The number of benzene rings is 1. The lowest BCUT2D eigenvalue weighted by molar-refractivity contribution is -0.140. The summed E-state index contributed by atoms with van der Waals surface area (Å²) in [7, 11) is 1.58. The number of ketones is 1. The fraction of sp³-hybridized carbons (Fsp3) is 0.500. The van der Waals surface area contributed by atoms with Gasteiger partial charge in [0.1, 0.15) is 11.5 Å². The second-order valence-electron chi connectivity index (χ2n) is 6.82. The van der Waals surface area contributed by atoms with Gasteiger partial charge in [-0.05, 0) is 49.0 Å². The van der Waals surface area contributed by atoms with Crippen LogP contribution in [0.1, 0.15) is 33.6 Å². The second-order valence-corrected chi connectivity index (χ2v) is 7.23. The summed E-state index contributed by atoms with van der Waals surface area (Å²) in [6.07, 6.45) is 1.13. The molecule has 1 saturated carbocycles. The monoisotopic (exact) mass is 348 g/mol. The number of ether oxygens (including phenoxy) is 1. The van der Waals surface area contributed by atoms with Crippen LogP contribution in [0.2, 0.25) is 0 Å². The molecule has 24 heavy (non-hydrogen) atoms. The van der Waals surface area contributed by atoms with Crippen molar-refractivity contribution < 1.29 is 14.3 Å². The number of nitrogens with one attached hydrogen (secondary N) is 2. The van der Waals surface area contributed by atoms with E-state index in [1.165, 1.54) is 0 Å². The molecule has 1 aromatic rings. The molecule has 5 nitrogen and oxygen atoms in total. The van der Waals surface area contributed by atoms with Crippen LogP contribution in [0.3, 0.4) is 0 Å². The summed E-state index contributed by atoms with van der Waals surface area (Å²) >= 11 is 5.20. The summed E-state index contributed by atoms with van der Waals surface area (Å²) in [5.74, 6) is 0.959. The predicted octanol–water partition coefficient (Wildman–Crippen LogP) is 3.15. The van der Waals surface area contributed by atoms with E-state index in [0.717, 1.165) is 6.42 Å². The Balaban J connectivity index is 1.87. The van der Waals surface area contributed by atoms with E-state index in [9.17, 15) is 9.59 Å². The van der Waals surface area contributed by atoms with Gasteiger partial charge in [-0.15, -0.1) is 0 Å². The molecule has 130 valence electrons. The minimum Gasteiger partial charge on any atom is -0.495 e. The van der Waals surface area contributed by atoms with E-state index >= 15 is 0 Å². The summed E-state index contributed by atoms with van der Waals surface area (Å²) < 4.78 is 5.24. The fourth-order valence-electron chi connectivity index (χ4n) is 3.36. The Kier molecular flexibility index (Phi) is 5.59. The number of anilines is 1. The number of methoxy groups -OCH3 is 1. The molecule has 0 bridgehead atoms. The van der Waals surface area contributed by atoms with Crippen molar-refractivity contribution in [3.63, 3.8) is 0 Å². The van der Waals surface area contributed by atoms with Crippen molar-refractivity contribution in [2.45, 2.75) is 33.6 Å². The highest BCUT2D eigenvalue weighted by Crippen LogP contribution is 2.53. The summed E-state index contributed by atoms with van der Waals surface area (Å²) in [6.45, 7) is 5.72. The van der Waals surface area contributed by atoms with Gasteiger partial charge >= 0.3 is 0 Å². The number of amides is 1. The lowest BCUT2D eigenvalue weighted by atomic mass is 9.52. The molecule has 0 unspecified atom stereocenters. The van der Waals surface area contributed by atoms with Crippen LogP contribution < -0.4 is 15.4 Å². The van der Waals surface area contributed by atoms with Crippen molar-refractivity contribution in [1.82, 2.24) is 5.32 Å². The first-order valence-corrected chi connectivity index (χ1v) is 8.40. The Morgan fingerprint density at radius 3 is 2.58 bits per heavy atom. The van der Waals surface area contributed by atoms with Crippen LogP contribution in [0.25, 0.3) is 0 Å². The molecule has 1 aliphatic carbocycles. The van der Waals surface area contributed by atoms with Gasteiger partial charge in [0.2, 0.25) is 5.91 Å². The Morgan fingerprint density at radius 2 is 2.00 bits per heavy atom. The van der Waals surface area contributed by atoms with E-state index in [-0.39, 0.29) is 34.1 Å². The maximum atomic E-state index is 12.2. The van der Waals surface area contributed by atoms with E-state index in [1.807, 2.05) is 38.1 Å². The Labute approximate surface area is 148 Å². The van der Waals surface area contributed by atoms with Gasteiger partial charge in [0.05, 0.1) is 12.8 Å². The van der Waals surface area contributed by atoms with Crippen LogP contribution in [0, 0.1) is 17.3 Å². The van der Waals surface area contributed by atoms with Crippen molar-refractivity contribution in [3.05, 3.63) is 24.3 Å². The Hall–Kier alpha value is -1.95. The molecule has 2 rings (SSSR count). The summed E-state index contributed by atoms with van der Waals surface area (Å²) in [6, 6.07) is 7.35. The molecule has 0 aromatic heterocycles. The molecule has 0 heterocycles. The zero-order chi connectivity index (χ0) is 17.9. The molecule has 6 heteroatoms. The molecular formula is C18H24N2O3S. The number of carbonyl (C=O) groups excluding carboxylic acids is 2. The van der Waals surface area contributed by atoms with Gasteiger partial charge in [0.15, 0.2) is 5.11 Å². The number of hydrogen-bond acceptors (Lipinski definition) is 4. The number of para-hydroxylation sites is 2. The Morgan fingerprint density at radius 1 is 1.33 bits per heavy atom. The minimum atomic E-state index is -0.138. The average molecular weight is 348 g/mol. The van der Waals surface area contributed by atoms with Crippen LogP contribution in [0.5, 0.6) is 5.75 Å². The van der Waals surface area contributed by atoms with E-state index in [0.29, 0.717) is 17.9 Å². The van der Waals surface area contributed by atoms with Crippen LogP contribution in [-0.2, 0) is 9.59 Å². The zero-order valence-electron chi connectivity index (χ0n) is 14.5. The quantitative estimate of drug-likeness (QED) is 0.800. The molecule has 2 atom stereocenters. The standard InChI is InChI=1S/C18H24N2O3S/c1-11(21)13-9-12(18(13,2)3)10-16(22)20-17(24)19-14-7-5-6-8-15(14)23-4/h5-8,12-13H,9-10H2,1-4H3,(H2,19,20,22,24)/t12-,13-/m1/s1. The maximum absolute atomic E-state index is 12.2. The van der Waals surface area contributed by atoms with Crippen LogP contribution >= 0.6 is 12.2 Å². The predicted molar refractivity (Wildman–Crippen MR) is 98.0 cm³/mol. The third-order valence-electron chi connectivity index (χ3n) is 5.00. The van der Waals surface area contributed by atoms with Gasteiger partial charge in [-0.2, -0.15) is 0 Å². The Bertz CT molecular complexity index is 657. The molecular weight excluding hydrogens is 324 g/mol. The van der Waals surface area contributed by atoms with Crippen molar-refractivity contribution in [2.75, 3.05) is 12.4 Å². The molecule has 0 spiro atoms.